The van der Waals surface area contributed by atoms with E-state index in [1.807, 2.05) is 67.4 Å². The van der Waals surface area contributed by atoms with Crippen molar-refractivity contribution in [1.82, 2.24) is 20.6 Å². The normalized spacial score (nSPS) is 10.5. The number of benzene rings is 2. The lowest BCUT2D eigenvalue weighted by molar-refractivity contribution is -0.114. The first-order valence-electron chi connectivity index (χ1n) is 8.13. The number of rotatable bonds is 7. The maximum absolute atomic E-state index is 12.4. The Balaban J connectivity index is 1.60. The smallest absolute Gasteiger partial charge is 0.243 e. The van der Waals surface area contributed by atoms with E-state index in [9.17, 15) is 4.79 Å². The molecule has 0 saturated heterocycles. The van der Waals surface area contributed by atoms with Gasteiger partial charge in [-0.25, -0.2) is 0 Å². The predicted octanol–water partition coefficient (Wildman–Crippen LogP) is 2.88. The SMILES string of the molecule is Cc1ccc(N(C)CC(=O)Nc2ccccc2SCc2nn[nH]n2)cc1. The van der Waals surface area contributed by atoms with Gasteiger partial charge in [0.1, 0.15) is 0 Å². The standard InChI is InChI=1S/C18H20N6OS/c1-13-7-9-14(10-8-13)24(2)11-18(25)19-15-5-3-4-6-16(15)26-12-17-20-22-23-21-17/h3-10H,11-12H2,1-2H3,(H,19,25)(H,20,21,22,23). The molecule has 1 heterocycles. The summed E-state index contributed by atoms with van der Waals surface area (Å²) in [7, 11) is 1.90. The molecule has 3 aromatic rings. The zero-order chi connectivity index (χ0) is 18.4. The lowest BCUT2D eigenvalue weighted by Crippen LogP contribution is -2.30. The predicted molar refractivity (Wildman–Crippen MR) is 103 cm³/mol. The molecule has 0 saturated carbocycles. The van der Waals surface area contributed by atoms with Crippen LogP contribution in [-0.2, 0) is 10.5 Å². The van der Waals surface area contributed by atoms with Gasteiger partial charge in [0, 0.05) is 17.6 Å². The van der Waals surface area contributed by atoms with Crippen molar-refractivity contribution in [2.75, 3.05) is 23.8 Å². The van der Waals surface area contributed by atoms with Gasteiger partial charge in [0.15, 0.2) is 5.82 Å². The molecule has 0 atom stereocenters. The van der Waals surface area contributed by atoms with Crippen LogP contribution in [0.2, 0.25) is 0 Å². The highest BCUT2D eigenvalue weighted by Gasteiger charge is 2.11. The zero-order valence-corrected chi connectivity index (χ0v) is 15.5. The molecular weight excluding hydrogens is 348 g/mol. The fourth-order valence-corrected chi connectivity index (χ4v) is 3.23. The summed E-state index contributed by atoms with van der Waals surface area (Å²) in [5, 5.41) is 16.8. The summed E-state index contributed by atoms with van der Waals surface area (Å²) in [5.41, 5.74) is 2.98. The maximum atomic E-state index is 12.4. The number of nitrogens with zero attached hydrogens (tertiary/aromatic N) is 4. The number of anilines is 2. The molecule has 0 aliphatic rings. The number of H-pyrrole nitrogens is 1. The molecule has 0 fully saturated rings. The molecule has 3 rings (SSSR count). The minimum Gasteiger partial charge on any atom is -0.365 e. The Labute approximate surface area is 156 Å². The van der Waals surface area contributed by atoms with E-state index in [1.165, 1.54) is 5.56 Å². The van der Waals surface area contributed by atoms with E-state index in [0.29, 0.717) is 11.6 Å². The molecule has 0 spiro atoms. The number of amides is 1. The van der Waals surface area contributed by atoms with Crippen molar-refractivity contribution in [3.63, 3.8) is 0 Å². The summed E-state index contributed by atoms with van der Waals surface area (Å²) in [6, 6.07) is 15.8. The van der Waals surface area contributed by atoms with Crippen LogP contribution >= 0.6 is 11.8 Å². The third kappa shape index (κ3) is 4.82. The third-order valence-electron chi connectivity index (χ3n) is 3.76. The number of tetrazole rings is 1. The van der Waals surface area contributed by atoms with Gasteiger partial charge in [-0.3, -0.25) is 4.79 Å². The van der Waals surface area contributed by atoms with Gasteiger partial charge in [-0.05, 0) is 31.2 Å². The van der Waals surface area contributed by atoms with Gasteiger partial charge < -0.3 is 10.2 Å². The Morgan fingerprint density at radius 2 is 1.96 bits per heavy atom. The Morgan fingerprint density at radius 3 is 2.69 bits per heavy atom. The molecule has 0 radical (unpaired) electrons. The lowest BCUT2D eigenvalue weighted by Gasteiger charge is -2.19. The largest absolute Gasteiger partial charge is 0.365 e. The molecule has 7 nitrogen and oxygen atoms in total. The van der Waals surface area contributed by atoms with Gasteiger partial charge in [0.2, 0.25) is 5.91 Å². The van der Waals surface area contributed by atoms with E-state index in [2.05, 4.69) is 25.9 Å². The van der Waals surface area contributed by atoms with Crippen LogP contribution < -0.4 is 10.2 Å². The number of hydrogen-bond donors (Lipinski definition) is 2. The first kappa shape index (κ1) is 17.9. The minimum atomic E-state index is -0.0688. The molecule has 1 amide bonds. The highest BCUT2D eigenvalue weighted by atomic mass is 32.2. The van der Waals surface area contributed by atoms with Crippen LogP contribution in [-0.4, -0.2) is 40.1 Å². The maximum Gasteiger partial charge on any atom is 0.243 e. The number of nitrogens with one attached hydrogen (secondary N) is 2. The van der Waals surface area contributed by atoms with Crippen LogP contribution in [0.25, 0.3) is 0 Å². The second kappa shape index (κ2) is 8.48. The molecular formula is C18H20N6OS. The number of thioether (sulfide) groups is 1. The first-order valence-corrected chi connectivity index (χ1v) is 9.12. The summed E-state index contributed by atoms with van der Waals surface area (Å²) >= 11 is 1.55. The summed E-state index contributed by atoms with van der Waals surface area (Å²) in [6.07, 6.45) is 0. The van der Waals surface area contributed by atoms with Crippen LogP contribution in [0.3, 0.4) is 0 Å². The van der Waals surface area contributed by atoms with Gasteiger partial charge in [-0.15, -0.1) is 22.0 Å². The average Bonchev–Trinajstić information content (AvgIpc) is 3.15. The van der Waals surface area contributed by atoms with Crippen molar-refractivity contribution in [3.8, 4) is 0 Å². The Bertz CT molecular complexity index is 850. The van der Waals surface area contributed by atoms with Gasteiger partial charge in [-0.1, -0.05) is 35.0 Å². The molecule has 134 valence electrons. The monoisotopic (exact) mass is 368 g/mol. The second-order valence-electron chi connectivity index (χ2n) is 5.85. The fraction of sp³-hybridized carbons (Fsp3) is 0.222. The van der Waals surface area contributed by atoms with E-state index in [1.54, 1.807) is 11.8 Å². The molecule has 8 heteroatoms. The zero-order valence-electron chi connectivity index (χ0n) is 14.6. The summed E-state index contributed by atoms with van der Waals surface area (Å²) in [6.45, 7) is 2.31. The number of hydrogen-bond acceptors (Lipinski definition) is 6. The number of para-hydroxylation sites is 1. The quantitative estimate of drug-likeness (QED) is 0.624. The van der Waals surface area contributed by atoms with Gasteiger partial charge in [0.25, 0.3) is 0 Å². The van der Waals surface area contributed by atoms with E-state index in [0.717, 1.165) is 16.3 Å². The number of aryl methyl sites for hydroxylation is 1. The Morgan fingerprint density at radius 1 is 1.19 bits per heavy atom. The van der Waals surface area contributed by atoms with Gasteiger partial charge in [0.05, 0.1) is 18.0 Å². The van der Waals surface area contributed by atoms with Crippen molar-refractivity contribution in [2.45, 2.75) is 17.6 Å². The van der Waals surface area contributed by atoms with Gasteiger partial charge >= 0.3 is 0 Å². The minimum absolute atomic E-state index is 0.0688. The van der Waals surface area contributed by atoms with Crippen LogP contribution in [0.4, 0.5) is 11.4 Å². The molecule has 26 heavy (non-hydrogen) atoms. The van der Waals surface area contributed by atoms with Crippen LogP contribution in [0.15, 0.2) is 53.4 Å². The van der Waals surface area contributed by atoms with E-state index < -0.39 is 0 Å². The average molecular weight is 368 g/mol. The topological polar surface area (TPSA) is 86.8 Å². The van der Waals surface area contributed by atoms with Crippen LogP contribution in [0.5, 0.6) is 0 Å². The van der Waals surface area contributed by atoms with Crippen molar-refractivity contribution < 1.29 is 4.79 Å². The number of likely N-dealkylation sites (N-methyl/N-ethyl adjacent to an activating group) is 1. The van der Waals surface area contributed by atoms with Crippen molar-refractivity contribution >= 4 is 29.0 Å². The molecule has 0 aliphatic heterocycles. The molecule has 1 aromatic heterocycles. The summed E-state index contributed by atoms with van der Waals surface area (Å²) in [5.74, 6) is 1.13. The third-order valence-corrected chi connectivity index (χ3v) is 4.83. The van der Waals surface area contributed by atoms with Crippen molar-refractivity contribution in [3.05, 3.63) is 59.9 Å². The highest BCUT2D eigenvalue weighted by molar-refractivity contribution is 7.98. The molecule has 0 bridgehead atoms. The lowest BCUT2D eigenvalue weighted by atomic mass is 10.2. The fourth-order valence-electron chi connectivity index (χ4n) is 2.38. The second-order valence-corrected chi connectivity index (χ2v) is 6.87. The van der Waals surface area contributed by atoms with E-state index in [-0.39, 0.29) is 12.5 Å². The Kier molecular flexibility index (Phi) is 5.85. The van der Waals surface area contributed by atoms with Crippen LogP contribution in [0, 0.1) is 6.92 Å². The van der Waals surface area contributed by atoms with E-state index in [4.69, 9.17) is 0 Å². The first-order chi connectivity index (χ1) is 12.6. The number of aromatic amines is 1. The van der Waals surface area contributed by atoms with Crippen molar-refractivity contribution in [1.29, 1.82) is 0 Å². The highest BCUT2D eigenvalue weighted by Crippen LogP contribution is 2.28. The number of aromatic nitrogens is 4. The summed E-state index contributed by atoms with van der Waals surface area (Å²) in [4.78, 5) is 15.3. The molecule has 0 aliphatic carbocycles. The molecule has 2 aromatic carbocycles. The van der Waals surface area contributed by atoms with Crippen molar-refractivity contribution in [2.24, 2.45) is 0 Å². The Hall–Kier alpha value is -2.87. The molecule has 2 N–H and O–H groups in total. The summed E-state index contributed by atoms with van der Waals surface area (Å²) < 4.78 is 0. The van der Waals surface area contributed by atoms with E-state index >= 15 is 0 Å². The van der Waals surface area contributed by atoms with Gasteiger partial charge in [-0.2, -0.15) is 5.21 Å². The van der Waals surface area contributed by atoms with Crippen LogP contribution in [0.1, 0.15) is 11.4 Å². The number of carbonyl (C=O) groups excluding carboxylic acids is 1. The number of carbonyl (C=O) groups is 1. The molecule has 0 unspecified atom stereocenters.